The monoisotopic (exact) mass is 190 g/mol. The van der Waals surface area contributed by atoms with Crippen molar-refractivity contribution in [3.8, 4) is 0 Å². The fourth-order valence-corrected chi connectivity index (χ4v) is 0.928. The van der Waals surface area contributed by atoms with Gasteiger partial charge < -0.3 is 20.5 Å². The van der Waals surface area contributed by atoms with Crippen LogP contribution in [0.15, 0.2) is 0 Å². The molecule has 78 valence electrons. The van der Waals surface area contributed by atoms with Gasteiger partial charge in [-0.1, -0.05) is 0 Å². The number of hydrogen-bond acceptors (Lipinski definition) is 4. The molecule has 0 aromatic carbocycles. The Balaban J connectivity index is 3.97. The summed E-state index contributed by atoms with van der Waals surface area (Å²) in [4.78, 5) is 11.1. The van der Waals surface area contributed by atoms with Crippen LogP contribution in [0.4, 0.5) is 0 Å². The fraction of sp³-hybridized carbons (Fsp3) is 0.875. The smallest absolute Gasteiger partial charge is 0.237 e. The molecule has 0 aliphatic rings. The van der Waals surface area contributed by atoms with Gasteiger partial charge in [0.2, 0.25) is 5.91 Å². The molecule has 0 radical (unpaired) electrons. The van der Waals surface area contributed by atoms with Gasteiger partial charge in [-0.2, -0.15) is 0 Å². The van der Waals surface area contributed by atoms with Crippen molar-refractivity contribution in [3.63, 3.8) is 0 Å². The second-order valence-corrected chi connectivity index (χ2v) is 2.93. The highest BCUT2D eigenvalue weighted by Crippen LogP contribution is 1.98. The van der Waals surface area contributed by atoms with E-state index in [1.54, 1.807) is 13.8 Å². The maximum atomic E-state index is 11.1. The van der Waals surface area contributed by atoms with Crippen LogP contribution in [0, 0.1) is 0 Å². The van der Waals surface area contributed by atoms with E-state index in [2.05, 4.69) is 5.32 Å². The number of hydrogen-bond donors (Lipinski definition) is 2. The first kappa shape index (κ1) is 12.3. The Morgan fingerprint density at radius 3 is 2.08 bits per heavy atom. The van der Waals surface area contributed by atoms with E-state index in [0.717, 1.165) is 0 Å². The van der Waals surface area contributed by atoms with E-state index in [1.165, 1.54) is 14.2 Å². The lowest BCUT2D eigenvalue weighted by Gasteiger charge is -2.22. The molecule has 0 saturated heterocycles. The molecule has 0 saturated carbocycles. The van der Waals surface area contributed by atoms with Crippen molar-refractivity contribution < 1.29 is 14.3 Å². The summed E-state index contributed by atoms with van der Waals surface area (Å²) in [5, 5.41) is 2.67. The number of methoxy groups -OCH3 is 2. The number of nitrogens with one attached hydrogen (secondary N) is 1. The molecule has 0 aliphatic carbocycles. The van der Waals surface area contributed by atoms with Gasteiger partial charge in [0, 0.05) is 14.2 Å². The molecule has 0 spiro atoms. The maximum absolute atomic E-state index is 11.1. The molecular formula is C8H18N2O3. The average molecular weight is 190 g/mol. The highest BCUT2D eigenvalue weighted by Gasteiger charge is 2.19. The maximum Gasteiger partial charge on any atom is 0.237 e. The largest absolute Gasteiger partial charge is 0.354 e. The third-order valence-electron chi connectivity index (χ3n) is 1.66. The van der Waals surface area contributed by atoms with Crippen LogP contribution in [0.2, 0.25) is 0 Å². The van der Waals surface area contributed by atoms with Gasteiger partial charge in [-0.3, -0.25) is 4.79 Å². The summed E-state index contributed by atoms with van der Waals surface area (Å²) in [5.41, 5.74) is 5.37. The number of ether oxygens (including phenoxy) is 2. The third kappa shape index (κ3) is 4.21. The summed E-state index contributed by atoms with van der Waals surface area (Å²) in [6.07, 6.45) is -0.442. The number of nitrogens with two attached hydrogens (primary N) is 1. The van der Waals surface area contributed by atoms with Crippen LogP contribution in [-0.4, -0.2) is 38.5 Å². The van der Waals surface area contributed by atoms with Gasteiger partial charge in [0.25, 0.3) is 0 Å². The molecule has 0 aliphatic heterocycles. The minimum atomic E-state index is -0.517. The second-order valence-electron chi connectivity index (χ2n) is 2.93. The predicted octanol–water partition coefficient (Wildman–Crippen LogP) is -0.543. The molecule has 0 heterocycles. The molecule has 13 heavy (non-hydrogen) atoms. The van der Waals surface area contributed by atoms with Crippen LogP contribution in [-0.2, 0) is 14.3 Å². The van der Waals surface area contributed by atoms with Crippen LogP contribution in [0.3, 0.4) is 0 Å². The molecule has 0 rings (SSSR count). The Kier molecular flexibility index (Phi) is 5.61. The third-order valence-corrected chi connectivity index (χ3v) is 1.66. The van der Waals surface area contributed by atoms with Gasteiger partial charge in [0.15, 0.2) is 6.29 Å². The van der Waals surface area contributed by atoms with Crippen LogP contribution in [0.25, 0.3) is 0 Å². The molecule has 5 heteroatoms. The van der Waals surface area contributed by atoms with Crippen molar-refractivity contribution >= 4 is 5.91 Å². The van der Waals surface area contributed by atoms with Crippen molar-refractivity contribution in [2.24, 2.45) is 5.73 Å². The minimum absolute atomic E-state index is 0.214. The van der Waals surface area contributed by atoms with Gasteiger partial charge in [0.05, 0.1) is 12.1 Å². The summed E-state index contributed by atoms with van der Waals surface area (Å²) in [5.74, 6) is -0.216. The zero-order valence-corrected chi connectivity index (χ0v) is 8.53. The SMILES string of the molecule is COC(OC)C(C)NC(=O)[C@@H](C)N. The minimum Gasteiger partial charge on any atom is -0.354 e. The molecule has 5 nitrogen and oxygen atoms in total. The summed E-state index contributed by atoms with van der Waals surface area (Å²) in [7, 11) is 3.03. The normalized spacial score (nSPS) is 15.5. The molecule has 2 atom stereocenters. The van der Waals surface area contributed by atoms with Gasteiger partial charge in [-0.25, -0.2) is 0 Å². The first-order valence-electron chi connectivity index (χ1n) is 4.14. The molecule has 1 amide bonds. The Morgan fingerprint density at radius 1 is 1.31 bits per heavy atom. The molecular weight excluding hydrogens is 172 g/mol. The van der Waals surface area contributed by atoms with Crippen molar-refractivity contribution in [3.05, 3.63) is 0 Å². The Labute approximate surface area is 78.6 Å². The van der Waals surface area contributed by atoms with Gasteiger partial charge >= 0.3 is 0 Å². The Hall–Kier alpha value is -0.650. The van der Waals surface area contributed by atoms with Crippen molar-refractivity contribution in [2.45, 2.75) is 32.2 Å². The zero-order chi connectivity index (χ0) is 10.4. The van der Waals surface area contributed by atoms with E-state index in [1.807, 2.05) is 0 Å². The number of carbonyl (C=O) groups excluding carboxylic acids is 1. The summed E-state index contributed by atoms with van der Waals surface area (Å²) < 4.78 is 9.93. The van der Waals surface area contributed by atoms with E-state index in [4.69, 9.17) is 15.2 Å². The van der Waals surface area contributed by atoms with E-state index >= 15 is 0 Å². The van der Waals surface area contributed by atoms with Crippen molar-refractivity contribution in [2.75, 3.05) is 14.2 Å². The van der Waals surface area contributed by atoms with Gasteiger partial charge in [-0.05, 0) is 13.8 Å². The van der Waals surface area contributed by atoms with Crippen LogP contribution in [0.1, 0.15) is 13.8 Å². The first-order valence-corrected chi connectivity index (χ1v) is 4.14. The van der Waals surface area contributed by atoms with E-state index in [9.17, 15) is 4.79 Å². The highest BCUT2D eigenvalue weighted by molar-refractivity contribution is 5.81. The Morgan fingerprint density at radius 2 is 1.77 bits per heavy atom. The molecule has 0 aromatic rings. The number of amides is 1. The highest BCUT2D eigenvalue weighted by atomic mass is 16.7. The predicted molar refractivity (Wildman–Crippen MR) is 49.1 cm³/mol. The van der Waals surface area contributed by atoms with E-state index < -0.39 is 12.3 Å². The zero-order valence-electron chi connectivity index (χ0n) is 8.53. The van der Waals surface area contributed by atoms with Gasteiger partial charge in [-0.15, -0.1) is 0 Å². The standard InChI is InChI=1S/C8H18N2O3/c1-5(9)7(11)10-6(2)8(12-3)13-4/h5-6,8H,9H2,1-4H3,(H,10,11)/t5-,6?/m1/s1. The van der Waals surface area contributed by atoms with E-state index in [-0.39, 0.29) is 11.9 Å². The molecule has 3 N–H and O–H groups in total. The average Bonchev–Trinajstić information content (AvgIpc) is 2.06. The van der Waals surface area contributed by atoms with Gasteiger partial charge in [0.1, 0.15) is 0 Å². The number of carbonyl (C=O) groups is 1. The van der Waals surface area contributed by atoms with Crippen LogP contribution in [0.5, 0.6) is 0 Å². The molecule has 1 unspecified atom stereocenters. The van der Waals surface area contributed by atoms with Crippen molar-refractivity contribution in [1.82, 2.24) is 5.32 Å². The topological polar surface area (TPSA) is 73.6 Å². The fourth-order valence-electron chi connectivity index (χ4n) is 0.928. The lowest BCUT2D eigenvalue weighted by molar-refractivity contribution is -0.136. The molecule has 0 aromatic heterocycles. The lowest BCUT2D eigenvalue weighted by atomic mass is 10.2. The van der Waals surface area contributed by atoms with E-state index in [0.29, 0.717) is 0 Å². The lowest BCUT2D eigenvalue weighted by Crippen LogP contribution is -2.48. The summed E-state index contributed by atoms with van der Waals surface area (Å²) >= 11 is 0. The quantitative estimate of drug-likeness (QED) is 0.571. The van der Waals surface area contributed by atoms with Crippen molar-refractivity contribution in [1.29, 1.82) is 0 Å². The summed E-state index contributed by atoms with van der Waals surface area (Å²) in [6, 6.07) is -0.731. The van der Waals surface area contributed by atoms with Crippen LogP contribution < -0.4 is 11.1 Å². The Bertz CT molecular complexity index is 157. The first-order chi connectivity index (χ1) is 6.02. The summed E-state index contributed by atoms with van der Waals surface area (Å²) in [6.45, 7) is 3.41. The molecule has 0 bridgehead atoms. The molecule has 0 fully saturated rings. The van der Waals surface area contributed by atoms with Crippen LogP contribution >= 0.6 is 0 Å². The second kappa shape index (κ2) is 5.90. The number of rotatable bonds is 5.